The van der Waals surface area contributed by atoms with E-state index in [9.17, 15) is 0 Å². The minimum atomic E-state index is 0.365. The van der Waals surface area contributed by atoms with Crippen molar-refractivity contribution in [1.82, 2.24) is 4.98 Å². The van der Waals surface area contributed by atoms with Crippen LogP contribution in [-0.2, 0) is 6.42 Å². The number of hydrogen-bond donors (Lipinski definition) is 0. The minimum Gasteiger partial charge on any atom is -0.256 e. The number of halogens is 2. The van der Waals surface area contributed by atoms with Gasteiger partial charge in [-0.05, 0) is 29.8 Å². The van der Waals surface area contributed by atoms with Gasteiger partial charge < -0.3 is 0 Å². The summed E-state index contributed by atoms with van der Waals surface area (Å²) in [4.78, 5) is 4.28. The lowest BCUT2D eigenvalue weighted by atomic mass is 10.1. The Balaban J connectivity index is 2.36. The van der Waals surface area contributed by atoms with Crippen molar-refractivity contribution in [3.8, 4) is 17.3 Å². The van der Waals surface area contributed by atoms with Gasteiger partial charge in [0.15, 0.2) is 0 Å². The van der Waals surface area contributed by atoms with Crippen LogP contribution in [0.4, 0.5) is 0 Å². The smallest absolute Gasteiger partial charge is 0.0703 e. The Hall–Kier alpha value is -1.56. The highest BCUT2D eigenvalue weighted by Gasteiger charge is 2.03. The average molecular weight is 263 g/mol. The van der Waals surface area contributed by atoms with Crippen LogP contribution in [0.3, 0.4) is 0 Å². The molecule has 17 heavy (non-hydrogen) atoms. The number of rotatable bonds is 2. The first-order valence-electron chi connectivity index (χ1n) is 4.97. The first kappa shape index (κ1) is 11.9. The molecule has 0 radical (unpaired) electrons. The van der Waals surface area contributed by atoms with Gasteiger partial charge >= 0.3 is 0 Å². The minimum absolute atomic E-state index is 0.365. The normalized spacial score (nSPS) is 9.94. The number of pyridine rings is 1. The second-order valence-electron chi connectivity index (χ2n) is 3.54. The Morgan fingerprint density at radius 2 is 1.82 bits per heavy atom. The Bertz CT molecular complexity index is 551. The largest absolute Gasteiger partial charge is 0.256 e. The molecule has 1 heterocycles. The van der Waals surface area contributed by atoms with Crippen molar-refractivity contribution in [2.24, 2.45) is 0 Å². The van der Waals surface area contributed by atoms with Crippen LogP contribution in [0.1, 0.15) is 5.56 Å². The fourth-order valence-electron chi connectivity index (χ4n) is 1.49. The molecule has 0 atom stereocenters. The van der Waals surface area contributed by atoms with Crippen LogP contribution in [0.15, 0.2) is 36.5 Å². The van der Waals surface area contributed by atoms with E-state index in [0.29, 0.717) is 16.5 Å². The van der Waals surface area contributed by atoms with Crippen molar-refractivity contribution < 1.29 is 0 Å². The van der Waals surface area contributed by atoms with E-state index in [1.807, 2.05) is 12.1 Å². The molecule has 0 bridgehead atoms. The molecule has 0 N–H and O–H groups in total. The highest BCUT2D eigenvalue weighted by atomic mass is 35.5. The number of aromatic nitrogens is 1. The summed E-state index contributed by atoms with van der Waals surface area (Å²) in [5.74, 6) is 0. The highest BCUT2D eigenvalue weighted by molar-refractivity contribution is 6.35. The molecule has 0 amide bonds. The molecule has 0 aliphatic heterocycles. The third kappa shape index (κ3) is 2.97. The lowest BCUT2D eigenvalue weighted by Gasteiger charge is -2.03. The quantitative estimate of drug-likeness (QED) is 0.817. The molecule has 1 aromatic heterocycles. The van der Waals surface area contributed by atoms with E-state index in [1.165, 1.54) is 0 Å². The molecule has 0 saturated carbocycles. The molecular formula is C13H8Cl2N2. The molecule has 0 aliphatic carbocycles. The van der Waals surface area contributed by atoms with Crippen molar-refractivity contribution in [2.75, 3.05) is 0 Å². The zero-order valence-electron chi connectivity index (χ0n) is 8.82. The maximum atomic E-state index is 8.57. The molecule has 2 nitrogen and oxygen atoms in total. The number of nitrogens with zero attached hydrogens (tertiary/aromatic N) is 2. The molecule has 0 unspecified atom stereocenters. The summed E-state index contributed by atoms with van der Waals surface area (Å²) >= 11 is 11.9. The molecule has 0 saturated heterocycles. The molecule has 4 heteroatoms. The van der Waals surface area contributed by atoms with Crippen LogP contribution in [0, 0.1) is 11.3 Å². The molecular weight excluding hydrogens is 255 g/mol. The van der Waals surface area contributed by atoms with Crippen LogP contribution in [0.5, 0.6) is 0 Å². The summed E-state index contributed by atoms with van der Waals surface area (Å²) in [6.07, 6.45) is 2.05. The SMILES string of the molecule is N#CCc1ccc(-c2cc(Cl)cc(Cl)c2)nc1. The monoisotopic (exact) mass is 262 g/mol. The van der Waals surface area contributed by atoms with E-state index in [2.05, 4.69) is 11.1 Å². The van der Waals surface area contributed by atoms with E-state index in [0.717, 1.165) is 16.8 Å². The van der Waals surface area contributed by atoms with Crippen LogP contribution in [0.2, 0.25) is 10.0 Å². The third-order valence-electron chi connectivity index (χ3n) is 2.27. The second-order valence-corrected chi connectivity index (χ2v) is 4.42. The van der Waals surface area contributed by atoms with Gasteiger partial charge in [-0.15, -0.1) is 0 Å². The fourth-order valence-corrected chi connectivity index (χ4v) is 2.02. The average Bonchev–Trinajstić information content (AvgIpc) is 2.29. The van der Waals surface area contributed by atoms with Crippen molar-refractivity contribution in [3.63, 3.8) is 0 Å². The van der Waals surface area contributed by atoms with Crippen LogP contribution in [-0.4, -0.2) is 4.98 Å². The lowest BCUT2D eigenvalue weighted by Crippen LogP contribution is -1.87. The van der Waals surface area contributed by atoms with Crippen LogP contribution < -0.4 is 0 Å². The first-order chi connectivity index (χ1) is 8.19. The Morgan fingerprint density at radius 3 is 2.35 bits per heavy atom. The van der Waals surface area contributed by atoms with E-state index in [4.69, 9.17) is 28.5 Å². The summed E-state index contributed by atoms with van der Waals surface area (Å²) in [6, 6.07) is 11.1. The van der Waals surface area contributed by atoms with Crippen molar-refractivity contribution in [3.05, 3.63) is 52.1 Å². The molecule has 0 fully saturated rings. The molecule has 0 aliphatic rings. The van der Waals surface area contributed by atoms with Gasteiger partial charge in [-0.2, -0.15) is 5.26 Å². The van der Waals surface area contributed by atoms with Gasteiger partial charge in [0.1, 0.15) is 0 Å². The van der Waals surface area contributed by atoms with Crippen LogP contribution >= 0.6 is 23.2 Å². The third-order valence-corrected chi connectivity index (χ3v) is 2.70. The van der Waals surface area contributed by atoms with Gasteiger partial charge in [0.25, 0.3) is 0 Å². The Morgan fingerprint density at radius 1 is 1.12 bits per heavy atom. The van der Waals surface area contributed by atoms with E-state index in [1.54, 1.807) is 24.4 Å². The van der Waals surface area contributed by atoms with Gasteiger partial charge in [0.05, 0.1) is 18.2 Å². The zero-order valence-corrected chi connectivity index (χ0v) is 10.3. The standard InChI is InChI=1S/C13H8Cl2N2/c14-11-5-10(6-12(15)7-11)13-2-1-9(3-4-16)8-17-13/h1-2,5-8H,3H2. The molecule has 1 aromatic carbocycles. The van der Waals surface area contributed by atoms with E-state index >= 15 is 0 Å². The molecule has 2 rings (SSSR count). The van der Waals surface area contributed by atoms with Crippen LogP contribution in [0.25, 0.3) is 11.3 Å². The summed E-state index contributed by atoms with van der Waals surface area (Å²) in [5, 5.41) is 9.72. The van der Waals surface area contributed by atoms with E-state index < -0.39 is 0 Å². The van der Waals surface area contributed by atoms with Gasteiger partial charge in [-0.3, -0.25) is 4.98 Å². The number of nitriles is 1. The van der Waals surface area contributed by atoms with Crippen molar-refractivity contribution >= 4 is 23.2 Å². The Labute approximate surface area is 109 Å². The second kappa shape index (κ2) is 5.18. The maximum absolute atomic E-state index is 8.57. The van der Waals surface area contributed by atoms with Gasteiger partial charge in [-0.1, -0.05) is 29.3 Å². The predicted octanol–water partition coefficient (Wildman–Crippen LogP) is 4.12. The zero-order chi connectivity index (χ0) is 12.3. The fraction of sp³-hybridized carbons (Fsp3) is 0.0769. The topological polar surface area (TPSA) is 36.7 Å². The summed E-state index contributed by atoms with van der Waals surface area (Å²) < 4.78 is 0. The van der Waals surface area contributed by atoms with Gasteiger partial charge in [0.2, 0.25) is 0 Å². The maximum Gasteiger partial charge on any atom is 0.0703 e. The van der Waals surface area contributed by atoms with E-state index in [-0.39, 0.29) is 0 Å². The lowest BCUT2D eigenvalue weighted by molar-refractivity contribution is 1.19. The molecule has 2 aromatic rings. The summed E-state index contributed by atoms with van der Waals surface area (Å²) in [6.45, 7) is 0. The van der Waals surface area contributed by atoms with Gasteiger partial charge in [-0.25, -0.2) is 0 Å². The predicted molar refractivity (Wildman–Crippen MR) is 69.0 cm³/mol. The summed E-state index contributed by atoms with van der Waals surface area (Å²) in [7, 11) is 0. The highest BCUT2D eigenvalue weighted by Crippen LogP contribution is 2.25. The van der Waals surface area contributed by atoms with Crippen molar-refractivity contribution in [1.29, 1.82) is 5.26 Å². The number of hydrogen-bond acceptors (Lipinski definition) is 2. The summed E-state index contributed by atoms with van der Waals surface area (Å²) in [5.41, 5.74) is 2.55. The van der Waals surface area contributed by atoms with Crippen molar-refractivity contribution in [2.45, 2.75) is 6.42 Å². The first-order valence-corrected chi connectivity index (χ1v) is 5.73. The Kier molecular flexibility index (Phi) is 3.63. The van der Waals surface area contributed by atoms with Gasteiger partial charge in [0, 0.05) is 21.8 Å². The number of benzene rings is 1. The molecule has 84 valence electrons. The molecule has 0 spiro atoms.